The highest BCUT2D eigenvalue weighted by Gasteiger charge is 2.28. The highest BCUT2D eigenvalue weighted by Crippen LogP contribution is 2.30. The molecule has 5 nitrogen and oxygen atoms in total. The van der Waals surface area contributed by atoms with E-state index in [9.17, 15) is 15.0 Å². The van der Waals surface area contributed by atoms with E-state index in [4.69, 9.17) is 0 Å². The van der Waals surface area contributed by atoms with Crippen LogP contribution in [-0.4, -0.2) is 35.3 Å². The van der Waals surface area contributed by atoms with Crippen molar-refractivity contribution < 1.29 is 15.0 Å². The van der Waals surface area contributed by atoms with Crippen molar-refractivity contribution in [3.05, 3.63) is 23.8 Å². The zero-order chi connectivity index (χ0) is 14.0. The Morgan fingerprint density at radius 3 is 2.84 bits per heavy atom. The second-order valence-electron chi connectivity index (χ2n) is 4.83. The molecule has 1 aliphatic rings. The first-order valence-corrected chi connectivity index (χ1v) is 6.60. The zero-order valence-electron chi connectivity index (χ0n) is 11.3. The molecule has 104 valence electrons. The number of hydrogen-bond acceptors (Lipinski definition) is 4. The molecular formula is C14H20N2O3. The Bertz CT molecular complexity index is 474. The van der Waals surface area contributed by atoms with E-state index in [1.807, 2.05) is 17.9 Å². The third-order valence-corrected chi connectivity index (χ3v) is 3.51. The van der Waals surface area contributed by atoms with Crippen LogP contribution in [0, 0.1) is 0 Å². The molecule has 1 amide bonds. The molecule has 0 aromatic heterocycles. The Morgan fingerprint density at radius 1 is 1.53 bits per heavy atom. The molecule has 1 heterocycles. The highest BCUT2D eigenvalue weighted by molar-refractivity contribution is 5.86. The second kappa shape index (κ2) is 5.48. The maximum Gasteiger partial charge on any atom is 0.242 e. The zero-order valence-corrected chi connectivity index (χ0v) is 11.3. The molecule has 2 rings (SSSR count). The molecule has 1 fully saturated rings. The summed E-state index contributed by atoms with van der Waals surface area (Å²) in [7, 11) is 0. The van der Waals surface area contributed by atoms with Crippen LogP contribution in [0.15, 0.2) is 18.2 Å². The van der Waals surface area contributed by atoms with Gasteiger partial charge in [0, 0.05) is 30.4 Å². The van der Waals surface area contributed by atoms with Crippen LogP contribution in [0.2, 0.25) is 0 Å². The number of piperazine rings is 1. The summed E-state index contributed by atoms with van der Waals surface area (Å²) in [6, 6.07) is 4.95. The van der Waals surface area contributed by atoms with Crippen molar-refractivity contribution in [1.29, 1.82) is 0 Å². The van der Waals surface area contributed by atoms with Gasteiger partial charge in [-0.2, -0.15) is 0 Å². The van der Waals surface area contributed by atoms with E-state index in [0.29, 0.717) is 18.5 Å². The van der Waals surface area contributed by atoms with E-state index in [-0.39, 0.29) is 17.7 Å². The van der Waals surface area contributed by atoms with Crippen LogP contribution >= 0.6 is 0 Å². The SMILES string of the molecule is CCC1C(=O)NCCN1c1ccc(C(C)O)c(O)c1. The van der Waals surface area contributed by atoms with E-state index in [2.05, 4.69) is 5.32 Å². The second-order valence-corrected chi connectivity index (χ2v) is 4.83. The van der Waals surface area contributed by atoms with E-state index in [0.717, 1.165) is 12.2 Å². The normalized spacial score (nSPS) is 21.1. The largest absolute Gasteiger partial charge is 0.507 e. The predicted octanol–water partition coefficient (Wildman–Crippen LogP) is 1.16. The minimum absolute atomic E-state index is 0.0212. The molecule has 1 saturated heterocycles. The van der Waals surface area contributed by atoms with Crippen molar-refractivity contribution in [1.82, 2.24) is 5.32 Å². The van der Waals surface area contributed by atoms with Crippen LogP contribution in [0.3, 0.4) is 0 Å². The maximum absolute atomic E-state index is 11.8. The third-order valence-electron chi connectivity index (χ3n) is 3.51. The minimum atomic E-state index is -0.708. The van der Waals surface area contributed by atoms with Gasteiger partial charge >= 0.3 is 0 Å². The van der Waals surface area contributed by atoms with E-state index >= 15 is 0 Å². The lowest BCUT2D eigenvalue weighted by atomic mass is 10.1. The summed E-state index contributed by atoms with van der Waals surface area (Å²) in [5.74, 6) is 0.0844. The molecule has 1 aromatic carbocycles. The van der Waals surface area contributed by atoms with Gasteiger partial charge in [-0.05, 0) is 19.4 Å². The number of anilines is 1. The standard InChI is InChI=1S/C14H20N2O3/c1-3-12-14(19)15-6-7-16(12)10-4-5-11(9(2)17)13(18)8-10/h4-5,8-9,12,17-18H,3,6-7H2,1-2H3,(H,15,19). The molecular weight excluding hydrogens is 244 g/mol. The Hall–Kier alpha value is -1.75. The molecule has 5 heteroatoms. The molecule has 2 unspecified atom stereocenters. The first-order valence-electron chi connectivity index (χ1n) is 6.60. The Morgan fingerprint density at radius 2 is 2.26 bits per heavy atom. The lowest BCUT2D eigenvalue weighted by molar-refractivity contribution is -0.123. The fourth-order valence-corrected chi connectivity index (χ4v) is 2.49. The Balaban J connectivity index is 2.30. The van der Waals surface area contributed by atoms with Crippen molar-refractivity contribution in [2.24, 2.45) is 0 Å². The fraction of sp³-hybridized carbons (Fsp3) is 0.500. The number of nitrogens with one attached hydrogen (secondary N) is 1. The van der Waals surface area contributed by atoms with Gasteiger partial charge in [0.2, 0.25) is 5.91 Å². The first kappa shape index (κ1) is 13.7. The molecule has 19 heavy (non-hydrogen) atoms. The van der Waals surface area contributed by atoms with Crippen molar-refractivity contribution in [3.8, 4) is 5.75 Å². The van der Waals surface area contributed by atoms with Gasteiger partial charge in [-0.3, -0.25) is 4.79 Å². The number of carbonyl (C=O) groups excluding carboxylic acids is 1. The number of amides is 1. The summed E-state index contributed by atoms with van der Waals surface area (Å²) < 4.78 is 0. The van der Waals surface area contributed by atoms with Gasteiger partial charge in [0.15, 0.2) is 0 Å². The lowest BCUT2D eigenvalue weighted by Crippen LogP contribution is -2.55. The minimum Gasteiger partial charge on any atom is -0.507 e. The van der Waals surface area contributed by atoms with Gasteiger partial charge in [-0.25, -0.2) is 0 Å². The van der Waals surface area contributed by atoms with Crippen LogP contribution < -0.4 is 10.2 Å². The molecule has 3 N–H and O–H groups in total. The van der Waals surface area contributed by atoms with Gasteiger partial charge in [0.05, 0.1) is 6.10 Å². The number of phenolic OH excluding ortho intramolecular Hbond substituents is 1. The van der Waals surface area contributed by atoms with Crippen molar-refractivity contribution >= 4 is 11.6 Å². The van der Waals surface area contributed by atoms with Crippen molar-refractivity contribution in [2.75, 3.05) is 18.0 Å². The third kappa shape index (κ3) is 2.66. The van der Waals surface area contributed by atoms with E-state index in [1.165, 1.54) is 0 Å². The van der Waals surface area contributed by atoms with Gasteiger partial charge in [0.1, 0.15) is 11.8 Å². The number of aromatic hydroxyl groups is 1. The van der Waals surface area contributed by atoms with Crippen molar-refractivity contribution in [3.63, 3.8) is 0 Å². The molecule has 0 radical (unpaired) electrons. The molecule has 0 spiro atoms. The summed E-state index contributed by atoms with van der Waals surface area (Å²) in [6.45, 7) is 4.90. The number of benzene rings is 1. The Kier molecular flexibility index (Phi) is 3.95. The van der Waals surface area contributed by atoms with Crippen LogP contribution in [-0.2, 0) is 4.79 Å². The number of carbonyl (C=O) groups is 1. The van der Waals surface area contributed by atoms with E-state index < -0.39 is 6.10 Å². The summed E-state index contributed by atoms with van der Waals surface area (Å²) >= 11 is 0. The van der Waals surface area contributed by atoms with Gasteiger partial charge in [-0.1, -0.05) is 13.0 Å². The summed E-state index contributed by atoms with van der Waals surface area (Å²) in [4.78, 5) is 13.8. The summed E-state index contributed by atoms with van der Waals surface area (Å²) in [5.41, 5.74) is 1.31. The van der Waals surface area contributed by atoms with Crippen LogP contribution in [0.5, 0.6) is 5.75 Å². The number of aliphatic hydroxyl groups is 1. The fourth-order valence-electron chi connectivity index (χ4n) is 2.49. The van der Waals surface area contributed by atoms with Crippen LogP contribution in [0.25, 0.3) is 0 Å². The lowest BCUT2D eigenvalue weighted by Gasteiger charge is -2.36. The molecule has 1 aliphatic heterocycles. The average Bonchev–Trinajstić information content (AvgIpc) is 2.37. The number of nitrogens with zero attached hydrogens (tertiary/aromatic N) is 1. The number of aliphatic hydroxyl groups excluding tert-OH is 1. The maximum atomic E-state index is 11.8. The van der Waals surface area contributed by atoms with Gasteiger partial charge < -0.3 is 20.4 Å². The molecule has 2 atom stereocenters. The van der Waals surface area contributed by atoms with E-state index in [1.54, 1.807) is 19.1 Å². The molecule has 1 aromatic rings. The van der Waals surface area contributed by atoms with Gasteiger partial charge in [-0.15, -0.1) is 0 Å². The van der Waals surface area contributed by atoms with Crippen molar-refractivity contribution in [2.45, 2.75) is 32.4 Å². The van der Waals surface area contributed by atoms with Crippen LogP contribution in [0.4, 0.5) is 5.69 Å². The highest BCUT2D eigenvalue weighted by atomic mass is 16.3. The monoisotopic (exact) mass is 264 g/mol. The average molecular weight is 264 g/mol. The molecule has 0 bridgehead atoms. The van der Waals surface area contributed by atoms with Crippen LogP contribution in [0.1, 0.15) is 31.9 Å². The summed E-state index contributed by atoms with van der Waals surface area (Å²) in [5, 5.41) is 22.3. The smallest absolute Gasteiger partial charge is 0.242 e. The predicted molar refractivity (Wildman–Crippen MR) is 73.2 cm³/mol. The molecule has 0 saturated carbocycles. The van der Waals surface area contributed by atoms with Gasteiger partial charge in [0.25, 0.3) is 0 Å². The Labute approximate surface area is 112 Å². The molecule has 0 aliphatic carbocycles. The number of phenols is 1. The first-order chi connectivity index (χ1) is 9.04. The number of hydrogen-bond donors (Lipinski definition) is 3. The topological polar surface area (TPSA) is 72.8 Å². The number of rotatable bonds is 3. The quantitative estimate of drug-likeness (QED) is 0.766. The summed E-state index contributed by atoms with van der Waals surface area (Å²) in [6.07, 6.45) is 0.00534.